The standard InChI is InChI=1S/C14H16N2OS/c15-13-12(10-6-8-17-9-7-10)16-14(18-13)11-4-2-1-3-5-11/h1-5,10H,6-9,15H2. The number of anilines is 1. The van der Waals surface area contributed by atoms with Crippen LogP contribution in [0.1, 0.15) is 24.5 Å². The van der Waals surface area contributed by atoms with E-state index in [1.807, 2.05) is 18.2 Å². The predicted octanol–water partition coefficient (Wildman–Crippen LogP) is 3.29. The van der Waals surface area contributed by atoms with Crippen LogP contribution in [0.5, 0.6) is 0 Å². The predicted molar refractivity (Wildman–Crippen MR) is 74.8 cm³/mol. The summed E-state index contributed by atoms with van der Waals surface area (Å²) in [6.45, 7) is 1.64. The molecule has 94 valence electrons. The molecule has 1 fully saturated rings. The molecule has 0 aliphatic carbocycles. The SMILES string of the molecule is Nc1sc(-c2ccccc2)nc1C1CCOCC1. The summed E-state index contributed by atoms with van der Waals surface area (Å²) in [4.78, 5) is 4.74. The van der Waals surface area contributed by atoms with Gasteiger partial charge in [0, 0.05) is 24.7 Å². The molecule has 1 saturated heterocycles. The van der Waals surface area contributed by atoms with Crippen LogP contribution in [-0.4, -0.2) is 18.2 Å². The molecule has 4 heteroatoms. The van der Waals surface area contributed by atoms with Crippen molar-refractivity contribution in [3.63, 3.8) is 0 Å². The van der Waals surface area contributed by atoms with Crippen molar-refractivity contribution >= 4 is 16.3 Å². The van der Waals surface area contributed by atoms with Crippen molar-refractivity contribution in [1.82, 2.24) is 4.98 Å². The molecule has 0 spiro atoms. The molecule has 1 aromatic heterocycles. The maximum Gasteiger partial charge on any atom is 0.125 e. The molecule has 1 aromatic carbocycles. The molecule has 0 bridgehead atoms. The fourth-order valence-electron chi connectivity index (χ4n) is 2.31. The first kappa shape index (κ1) is 11.7. The number of benzene rings is 1. The second-order valence-electron chi connectivity index (χ2n) is 4.52. The van der Waals surface area contributed by atoms with Gasteiger partial charge in [-0.3, -0.25) is 0 Å². The Labute approximate surface area is 111 Å². The quantitative estimate of drug-likeness (QED) is 0.901. The Kier molecular flexibility index (Phi) is 3.30. The third-order valence-electron chi connectivity index (χ3n) is 3.31. The molecule has 2 N–H and O–H groups in total. The lowest BCUT2D eigenvalue weighted by atomic mass is 9.97. The van der Waals surface area contributed by atoms with E-state index in [4.69, 9.17) is 15.5 Å². The van der Waals surface area contributed by atoms with Crippen LogP contribution in [0.15, 0.2) is 30.3 Å². The first-order valence-corrected chi connectivity index (χ1v) is 7.05. The second kappa shape index (κ2) is 5.08. The highest BCUT2D eigenvalue weighted by Gasteiger charge is 2.22. The van der Waals surface area contributed by atoms with Crippen LogP contribution in [0, 0.1) is 0 Å². The monoisotopic (exact) mass is 260 g/mol. The minimum atomic E-state index is 0.465. The molecule has 3 nitrogen and oxygen atoms in total. The van der Waals surface area contributed by atoms with E-state index < -0.39 is 0 Å². The van der Waals surface area contributed by atoms with Crippen LogP contribution in [0.3, 0.4) is 0 Å². The minimum Gasteiger partial charge on any atom is -0.389 e. The average Bonchev–Trinajstić information content (AvgIpc) is 2.83. The van der Waals surface area contributed by atoms with E-state index in [2.05, 4.69) is 12.1 Å². The van der Waals surface area contributed by atoms with Gasteiger partial charge in [0.25, 0.3) is 0 Å². The maximum absolute atomic E-state index is 6.12. The van der Waals surface area contributed by atoms with Crippen LogP contribution in [0.2, 0.25) is 0 Å². The number of nitrogen functional groups attached to an aromatic ring is 1. The van der Waals surface area contributed by atoms with Crippen LogP contribution in [0.4, 0.5) is 5.00 Å². The van der Waals surface area contributed by atoms with Gasteiger partial charge < -0.3 is 10.5 Å². The number of nitrogens with two attached hydrogens (primary N) is 1. The van der Waals surface area contributed by atoms with Gasteiger partial charge in [-0.15, -0.1) is 0 Å². The summed E-state index contributed by atoms with van der Waals surface area (Å²) in [5, 5.41) is 1.88. The highest BCUT2D eigenvalue weighted by atomic mass is 32.1. The van der Waals surface area contributed by atoms with Crippen molar-refractivity contribution < 1.29 is 4.74 Å². The van der Waals surface area contributed by atoms with E-state index in [-0.39, 0.29) is 0 Å². The van der Waals surface area contributed by atoms with Gasteiger partial charge in [0.2, 0.25) is 0 Å². The molecule has 0 radical (unpaired) electrons. The van der Waals surface area contributed by atoms with E-state index in [9.17, 15) is 0 Å². The molecule has 18 heavy (non-hydrogen) atoms. The van der Waals surface area contributed by atoms with Gasteiger partial charge in [0.05, 0.1) is 5.69 Å². The van der Waals surface area contributed by atoms with Crippen LogP contribution >= 0.6 is 11.3 Å². The summed E-state index contributed by atoms with van der Waals surface area (Å²) in [5.41, 5.74) is 8.34. The molecule has 2 heterocycles. The summed E-state index contributed by atoms with van der Waals surface area (Å²) in [6.07, 6.45) is 2.06. The Balaban J connectivity index is 1.91. The van der Waals surface area contributed by atoms with Crippen molar-refractivity contribution in [3.8, 4) is 10.6 Å². The Hall–Kier alpha value is -1.39. The van der Waals surface area contributed by atoms with E-state index in [1.165, 1.54) is 0 Å². The number of ether oxygens (including phenoxy) is 1. The second-order valence-corrected chi connectivity index (χ2v) is 5.55. The lowest BCUT2D eigenvalue weighted by molar-refractivity contribution is 0.0848. The summed E-state index contributed by atoms with van der Waals surface area (Å²) in [7, 11) is 0. The van der Waals surface area contributed by atoms with Crippen molar-refractivity contribution in [2.45, 2.75) is 18.8 Å². The highest BCUT2D eigenvalue weighted by molar-refractivity contribution is 7.18. The van der Waals surface area contributed by atoms with Crippen molar-refractivity contribution in [2.75, 3.05) is 18.9 Å². The largest absolute Gasteiger partial charge is 0.389 e. The number of nitrogens with zero attached hydrogens (tertiary/aromatic N) is 1. The van der Waals surface area contributed by atoms with Gasteiger partial charge in [-0.05, 0) is 12.8 Å². The average molecular weight is 260 g/mol. The third kappa shape index (κ3) is 2.26. The summed E-state index contributed by atoms with van der Waals surface area (Å²) < 4.78 is 5.39. The van der Waals surface area contributed by atoms with Crippen LogP contribution in [0.25, 0.3) is 10.6 Å². The van der Waals surface area contributed by atoms with E-state index in [1.54, 1.807) is 11.3 Å². The number of rotatable bonds is 2. The van der Waals surface area contributed by atoms with Crippen molar-refractivity contribution in [3.05, 3.63) is 36.0 Å². The van der Waals surface area contributed by atoms with Crippen molar-refractivity contribution in [2.24, 2.45) is 0 Å². The highest BCUT2D eigenvalue weighted by Crippen LogP contribution is 2.37. The van der Waals surface area contributed by atoms with Gasteiger partial charge in [-0.1, -0.05) is 41.7 Å². The molecular weight excluding hydrogens is 244 g/mol. The van der Waals surface area contributed by atoms with Crippen molar-refractivity contribution in [1.29, 1.82) is 0 Å². The zero-order chi connectivity index (χ0) is 12.4. The topological polar surface area (TPSA) is 48.1 Å². The maximum atomic E-state index is 6.12. The summed E-state index contributed by atoms with van der Waals surface area (Å²) in [5.74, 6) is 0.465. The minimum absolute atomic E-state index is 0.465. The Morgan fingerprint density at radius 2 is 1.89 bits per heavy atom. The Morgan fingerprint density at radius 1 is 1.17 bits per heavy atom. The Morgan fingerprint density at radius 3 is 2.61 bits per heavy atom. The summed E-state index contributed by atoms with van der Waals surface area (Å²) in [6, 6.07) is 10.2. The van der Waals surface area contributed by atoms with E-state index in [0.717, 1.165) is 47.3 Å². The molecular formula is C14H16N2OS. The molecule has 0 atom stereocenters. The molecule has 1 aliphatic heterocycles. The van der Waals surface area contributed by atoms with Gasteiger partial charge in [0.15, 0.2) is 0 Å². The first-order valence-electron chi connectivity index (χ1n) is 6.24. The van der Waals surface area contributed by atoms with Gasteiger partial charge in [-0.25, -0.2) is 4.98 Å². The lowest BCUT2D eigenvalue weighted by Crippen LogP contribution is -2.15. The number of aromatic nitrogens is 1. The molecule has 1 aliphatic rings. The molecule has 2 aromatic rings. The summed E-state index contributed by atoms with van der Waals surface area (Å²) >= 11 is 1.59. The fourth-order valence-corrected chi connectivity index (χ4v) is 3.23. The zero-order valence-corrected chi connectivity index (χ0v) is 11.0. The first-order chi connectivity index (χ1) is 8.84. The lowest BCUT2D eigenvalue weighted by Gasteiger charge is -2.20. The normalized spacial score (nSPS) is 16.9. The number of hydrogen-bond donors (Lipinski definition) is 1. The van der Waals surface area contributed by atoms with Gasteiger partial charge in [-0.2, -0.15) is 0 Å². The fraction of sp³-hybridized carbons (Fsp3) is 0.357. The van der Waals surface area contributed by atoms with Crippen LogP contribution < -0.4 is 5.73 Å². The third-order valence-corrected chi connectivity index (χ3v) is 4.26. The van der Waals surface area contributed by atoms with Crippen LogP contribution in [-0.2, 0) is 4.74 Å². The van der Waals surface area contributed by atoms with E-state index >= 15 is 0 Å². The Bertz CT molecular complexity index is 518. The molecule has 0 amide bonds. The smallest absolute Gasteiger partial charge is 0.125 e. The molecule has 0 unspecified atom stereocenters. The number of thiazole rings is 1. The zero-order valence-electron chi connectivity index (χ0n) is 10.1. The number of hydrogen-bond acceptors (Lipinski definition) is 4. The van der Waals surface area contributed by atoms with E-state index in [0.29, 0.717) is 5.92 Å². The van der Waals surface area contributed by atoms with Gasteiger partial charge >= 0.3 is 0 Å². The molecule has 3 rings (SSSR count). The van der Waals surface area contributed by atoms with Gasteiger partial charge in [0.1, 0.15) is 10.0 Å². The molecule has 0 saturated carbocycles.